The molecule has 0 spiro atoms. The van der Waals surface area contributed by atoms with E-state index in [1.54, 1.807) is 0 Å². The largest absolute Gasteiger partial charge is 0.462 e. The van der Waals surface area contributed by atoms with Crippen LogP contribution in [0.2, 0.25) is 0 Å². The van der Waals surface area contributed by atoms with Gasteiger partial charge in [0.25, 0.3) is 0 Å². The minimum absolute atomic E-state index is 0.0625. The van der Waals surface area contributed by atoms with Gasteiger partial charge in [0.15, 0.2) is 6.10 Å². The highest BCUT2D eigenvalue weighted by atomic mass is 16.6. The van der Waals surface area contributed by atoms with Crippen LogP contribution in [-0.4, -0.2) is 37.2 Å². The molecule has 6 nitrogen and oxygen atoms in total. The van der Waals surface area contributed by atoms with Gasteiger partial charge in [-0.05, 0) is 25.2 Å². The predicted molar refractivity (Wildman–Crippen MR) is 284 cm³/mol. The Bertz CT molecular complexity index is 996. The van der Waals surface area contributed by atoms with Crippen LogP contribution in [0.5, 0.6) is 0 Å². The SMILES string of the molecule is CCCCCCCCCCCCCCCCCCCCCC(=O)OC[C@H](COC(=O)CCCCCCCCCCCCCCCCCCCC)OC(=O)CCCCCCCCCCC(C)C. The number of unbranched alkanes of at least 4 members (excludes halogenated alkanes) is 42. The maximum Gasteiger partial charge on any atom is 0.306 e. The van der Waals surface area contributed by atoms with Crippen molar-refractivity contribution in [2.24, 2.45) is 5.92 Å². The summed E-state index contributed by atoms with van der Waals surface area (Å²) in [6.07, 6.45) is 59.7. The quantitative estimate of drug-likeness (QED) is 0.0343. The molecule has 0 radical (unpaired) electrons. The number of rotatable bonds is 55. The number of carbonyl (C=O) groups is 3. The Morgan fingerprint density at radius 1 is 0.288 bits per heavy atom. The minimum Gasteiger partial charge on any atom is -0.462 e. The number of ether oxygens (including phenoxy) is 3. The molecule has 0 aromatic rings. The van der Waals surface area contributed by atoms with Crippen molar-refractivity contribution in [3.8, 4) is 0 Å². The fourth-order valence-electron chi connectivity index (χ4n) is 9.28. The van der Waals surface area contributed by atoms with E-state index in [0.717, 1.165) is 63.7 Å². The number of esters is 3. The molecule has 0 aliphatic carbocycles. The lowest BCUT2D eigenvalue weighted by Gasteiger charge is -2.18. The average Bonchev–Trinajstić information content (AvgIpc) is 3.30. The van der Waals surface area contributed by atoms with Crippen molar-refractivity contribution in [3.63, 3.8) is 0 Å². The van der Waals surface area contributed by atoms with Crippen molar-refractivity contribution < 1.29 is 28.6 Å². The molecule has 0 fully saturated rings. The summed E-state index contributed by atoms with van der Waals surface area (Å²) in [6, 6.07) is 0. The zero-order chi connectivity index (χ0) is 48.1. The predicted octanol–water partition coefficient (Wildman–Crippen LogP) is 19.8. The molecule has 0 saturated carbocycles. The van der Waals surface area contributed by atoms with Crippen LogP contribution >= 0.6 is 0 Å². The zero-order valence-electron chi connectivity index (χ0n) is 45.2. The van der Waals surface area contributed by atoms with Gasteiger partial charge in [0.05, 0.1) is 0 Å². The molecule has 0 rings (SSSR count). The molecule has 392 valence electrons. The van der Waals surface area contributed by atoms with Crippen LogP contribution < -0.4 is 0 Å². The molecular formula is C60H116O6. The van der Waals surface area contributed by atoms with Gasteiger partial charge in [-0.3, -0.25) is 14.4 Å². The van der Waals surface area contributed by atoms with Gasteiger partial charge < -0.3 is 14.2 Å². The first-order chi connectivity index (χ1) is 32.4. The summed E-state index contributed by atoms with van der Waals surface area (Å²) in [6.45, 7) is 9.03. The second-order valence-electron chi connectivity index (χ2n) is 21.1. The maximum atomic E-state index is 12.8. The fourth-order valence-corrected chi connectivity index (χ4v) is 9.28. The number of carbonyl (C=O) groups excluding carboxylic acids is 3. The van der Waals surface area contributed by atoms with Gasteiger partial charge in [0.1, 0.15) is 13.2 Å². The molecule has 0 unspecified atom stereocenters. The highest BCUT2D eigenvalue weighted by Gasteiger charge is 2.19. The van der Waals surface area contributed by atoms with Gasteiger partial charge in [-0.2, -0.15) is 0 Å². The van der Waals surface area contributed by atoms with Crippen molar-refractivity contribution in [2.45, 2.75) is 348 Å². The number of hydrogen-bond donors (Lipinski definition) is 0. The molecule has 0 aromatic carbocycles. The van der Waals surface area contributed by atoms with E-state index in [4.69, 9.17) is 14.2 Å². The number of hydrogen-bond acceptors (Lipinski definition) is 6. The van der Waals surface area contributed by atoms with Crippen molar-refractivity contribution in [1.82, 2.24) is 0 Å². The fraction of sp³-hybridized carbons (Fsp3) is 0.950. The van der Waals surface area contributed by atoms with E-state index in [0.29, 0.717) is 19.3 Å². The third-order valence-corrected chi connectivity index (χ3v) is 13.8. The topological polar surface area (TPSA) is 78.9 Å². The van der Waals surface area contributed by atoms with E-state index in [2.05, 4.69) is 27.7 Å². The van der Waals surface area contributed by atoms with Gasteiger partial charge in [0.2, 0.25) is 0 Å². The molecule has 66 heavy (non-hydrogen) atoms. The first-order valence-corrected chi connectivity index (χ1v) is 29.9. The highest BCUT2D eigenvalue weighted by Crippen LogP contribution is 2.18. The van der Waals surface area contributed by atoms with Crippen molar-refractivity contribution >= 4 is 17.9 Å². The van der Waals surface area contributed by atoms with Gasteiger partial charge in [-0.25, -0.2) is 0 Å². The lowest BCUT2D eigenvalue weighted by atomic mass is 10.0. The minimum atomic E-state index is -0.762. The Morgan fingerprint density at radius 2 is 0.500 bits per heavy atom. The molecule has 0 bridgehead atoms. The van der Waals surface area contributed by atoms with E-state index in [-0.39, 0.29) is 31.1 Å². The van der Waals surface area contributed by atoms with Crippen LogP contribution in [0.4, 0.5) is 0 Å². The van der Waals surface area contributed by atoms with Crippen LogP contribution in [0, 0.1) is 5.92 Å². The second kappa shape index (κ2) is 54.4. The summed E-state index contributed by atoms with van der Waals surface area (Å²) in [5.74, 6) is -0.0439. The Balaban J connectivity index is 4.22. The van der Waals surface area contributed by atoms with E-state index in [9.17, 15) is 14.4 Å². The second-order valence-corrected chi connectivity index (χ2v) is 21.1. The van der Waals surface area contributed by atoms with Gasteiger partial charge in [0, 0.05) is 19.3 Å². The summed E-state index contributed by atoms with van der Waals surface area (Å²) in [5, 5.41) is 0. The standard InChI is InChI=1S/C60H116O6/c1-5-7-9-11-13-15-17-19-21-23-25-27-29-31-33-35-40-44-48-52-59(62)65-55-57(66-60(63)53-49-45-41-37-36-38-42-46-50-56(3)4)54-64-58(61)51-47-43-39-34-32-30-28-26-24-22-20-18-16-14-12-10-8-6-2/h56-57H,5-55H2,1-4H3/t57-/m0/s1. The molecular weight excluding hydrogens is 817 g/mol. The molecule has 6 heteroatoms. The third-order valence-electron chi connectivity index (χ3n) is 13.8. The van der Waals surface area contributed by atoms with Crippen molar-refractivity contribution in [3.05, 3.63) is 0 Å². The third kappa shape index (κ3) is 53.4. The summed E-state index contributed by atoms with van der Waals surface area (Å²) in [4.78, 5) is 38.1. The summed E-state index contributed by atoms with van der Waals surface area (Å²) in [7, 11) is 0. The van der Waals surface area contributed by atoms with Crippen LogP contribution in [0.15, 0.2) is 0 Å². The first-order valence-electron chi connectivity index (χ1n) is 29.9. The molecule has 0 heterocycles. The summed E-state index contributed by atoms with van der Waals surface area (Å²) < 4.78 is 16.9. The van der Waals surface area contributed by atoms with E-state index in [1.165, 1.54) is 238 Å². The molecule has 0 saturated heterocycles. The van der Waals surface area contributed by atoms with Crippen LogP contribution in [-0.2, 0) is 28.6 Å². The molecule has 0 amide bonds. The van der Waals surface area contributed by atoms with Gasteiger partial charge >= 0.3 is 17.9 Å². The molecule has 0 N–H and O–H groups in total. The van der Waals surface area contributed by atoms with E-state index >= 15 is 0 Å². The summed E-state index contributed by atoms with van der Waals surface area (Å²) in [5.41, 5.74) is 0. The first kappa shape index (κ1) is 64.4. The lowest BCUT2D eigenvalue weighted by molar-refractivity contribution is -0.167. The Morgan fingerprint density at radius 3 is 0.742 bits per heavy atom. The lowest BCUT2D eigenvalue weighted by Crippen LogP contribution is -2.30. The molecule has 0 aliphatic rings. The summed E-state index contributed by atoms with van der Waals surface area (Å²) >= 11 is 0. The smallest absolute Gasteiger partial charge is 0.306 e. The Kier molecular flexibility index (Phi) is 53.0. The van der Waals surface area contributed by atoms with Gasteiger partial charge in [-0.15, -0.1) is 0 Å². The Hall–Kier alpha value is -1.59. The van der Waals surface area contributed by atoms with Crippen LogP contribution in [0.1, 0.15) is 342 Å². The van der Waals surface area contributed by atoms with E-state index in [1.807, 2.05) is 0 Å². The molecule has 1 atom stereocenters. The van der Waals surface area contributed by atoms with E-state index < -0.39 is 6.10 Å². The Labute approximate surface area is 412 Å². The zero-order valence-corrected chi connectivity index (χ0v) is 45.2. The molecule has 0 aromatic heterocycles. The van der Waals surface area contributed by atoms with Crippen LogP contribution in [0.25, 0.3) is 0 Å². The highest BCUT2D eigenvalue weighted by molar-refractivity contribution is 5.71. The normalized spacial score (nSPS) is 12.0. The maximum absolute atomic E-state index is 12.8. The van der Waals surface area contributed by atoms with Gasteiger partial charge in [-0.1, -0.05) is 304 Å². The average molecular weight is 934 g/mol. The van der Waals surface area contributed by atoms with Crippen molar-refractivity contribution in [2.75, 3.05) is 13.2 Å². The van der Waals surface area contributed by atoms with Crippen LogP contribution in [0.3, 0.4) is 0 Å². The molecule has 0 aliphatic heterocycles. The monoisotopic (exact) mass is 933 g/mol. The van der Waals surface area contributed by atoms with Crippen molar-refractivity contribution in [1.29, 1.82) is 0 Å².